The summed E-state index contributed by atoms with van der Waals surface area (Å²) in [5, 5.41) is 8.30. The highest BCUT2D eigenvalue weighted by Gasteiger charge is 2.44. The molecule has 1 saturated heterocycles. The maximum Gasteiger partial charge on any atom is 0.418 e. The summed E-state index contributed by atoms with van der Waals surface area (Å²) in [5.41, 5.74) is -0.362. The third-order valence-electron chi connectivity index (χ3n) is 5.97. The minimum atomic E-state index is -4.50. The molecule has 1 aliphatic rings. The second-order valence-electron chi connectivity index (χ2n) is 8.70. The summed E-state index contributed by atoms with van der Waals surface area (Å²) in [6.07, 6.45) is -0.0529. The number of hydrogen-bond donors (Lipinski definition) is 3. The Morgan fingerprint density at radius 1 is 1.08 bits per heavy atom. The number of carbonyl (C=O) groups is 2. The number of hydrogen-bond acceptors (Lipinski definition) is 7. The third kappa shape index (κ3) is 6.02. The average molecular weight is 515 g/mol. The number of anilines is 2. The molecule has 3 heterocycles. The molecule has 0 aliphatic carbocycles. The van der Waals surface area contributed by atoms with Gasteiger partial charge in [-0.05, 0) is 37.6 Å². The van der Waals surface area contributed by atoms with Crippen LogP contribution in [0.3, 0.4) is 0 Å². The number of nitrogens with zero attached hydrogens (tertiary/aromatic N) is 3. The first-order valence-corrected chi connectivity index (χ1v) is 11.4. The van der Waals surface area contributed by atoms with Crippen LogP contribution in [0.5, 0.6) is 0 Å². The van der Waals surface area contributed by atoms with Crippen LogP contribution in [0, 0.1) is 13.8 Å². The van der Waals surface area contributed by atoms with Gasteiger partial charge in [-0.25, -0.2) is 9.97 Å². The van der Waals surface area contributed by atoms with E-state index in [1.807, 2.05) is 0 Å². The van der Waals surface area contributed by atoms with Gasteiger partial charge in [0.2, 0.25) is 5.91 Å². The van der Waals surface area contributed by atoms with Gasteiger partial charge in [-0.3, -0.25) is 14.6 Å². The summed E-state index contributed by atoms with van der Waals surface area (Å²) < 4.78 is 45.3. The van der Waals surface area contributed by atoms with Crippen LogP contribution in [0.2, 0.25) is 0 Å². The highest BCUT2D eigenvalue weighted by Crippen LogP contribution is 2.35. The van der Waals surface area contributed by atoms with Crippen LogP contribution in [-0.4, -0.2) is 45.5 Å². The number of carbonyl (C=O) groups excluding carboxylic acids is 2. The second-order valence-corrected chi connectivity index (χ2v) is 8.70. The molecule has 4 rings (SSSR count). The Morgan fingerprint density at radius 3 is 2.46 bits per heavy atom. The molecule has 37 heavy (non-hydrogen) atoms. The molecule has 1 aromatic carbocycles. The number of aryl methyl sites for hydroxylation is 2. The lowest BCUT2D eigenvalue weighted by atomic mass is 9.96. The summed E-state index contributed by atoms with van der Waals surface area (Å²) in [7, 11) is 0. The molecule has 1 atom stereocenters. The Morgan fingerprint density at radius 2 is 1.81 bits per heavy atom. The van der Waals surface area contributed by atoms with Gasteiger partial charge in [0, 0.05) is 25.4 Å². The molecule has 3 aromatic rings. The van der Waals surface area contributed by atoms with E-state index in [1.165, 1.54) is 36.8 Å². The fourth-order valence-electron chi connectivity index (χ4n) is 3.88. The molecule has 12 heteroatoms. The lowest BCUT2D eigenvalue weighted by Gasteiger charge is -2.27. The zero-order chi connectivity index (χ0) is 26.6. The molecule has 0 radical (unpaired) electrons. The van der Waals surface area contributed by atoms with E-state index in [4.69, 9.17) is 4.74 Å². The van der Waals surface area contributed by atoms with Gasteiger partial charge in [0.15, 0.2) is 0 Å². The zero-order valence-electron chi connectivity index (χ0n) is 20.1. The van der Waals surface area contributed by atoms with Crippen LogP contribution in [0.25, 0.3) is 0 Å². The number of rotatable bonds is 7. The first kappa shape index (κ1) is 26.0. The number of alkyl halides is 3. The maximum absolute atomic E-state index is 13.3. The molecule has 2 aromatic heterocycles. The number of nitrogens with one attached hydrogen (secondary N) is 3. The highest BCUT2D eigenvalue weighted by molar-refractivity contribution is 5.99. The molecule has 9 nitrogen and oxygen atoms in total. The van der Waals surface area contributed by atoms with Crippen LogP contribution in [0.4, 0.5) is 24.5 Å². The van der Waals surface area contributed by atoms with E-state index in [1.54, 1.807) is 19.9 Å². The van der Waals surface area contributed by atoms with E-state index < -0.39 is 29.1 Å². The number of benzene rings is 1. The van der Waals surface area contributed by atoms with Gasteiger partial charge in [-0.2, -0.15) is 13.2 Å². The fraction of sp³-hybridized carbons (Fsp3) is 0.320. The molecule has 0 spiro atoms. The van der Waals surface area contributed by atoms with Crippen molar-refractivity contribution in [3.8, 4) is 0 Å². The SMILES string of the molecule is Cc1ncc(C(=O)N[C@@]2(C(=O)NCc3ncc(Nc4ccccc4C(F)(F)F)cc3C)CCOC2)cn1. The van der Waals surface area contributed by atoms with Crippen LogP contribution in [0.15, 0.2) is 48.9 Å². The fourth-order valence-corrected chi connectivity index (χ4v) is 3.88. The molecule has 0 bridgehead atoms. The van der Waals surface area contributed by atoms with E-state index in [-0.39, 0.29) is 30.8 Å². The minimum Gasteiger partial charge on any atom is -0.378 e. The summed E-state index contributed by atoms with van der Waals surface area (Å²) in [6, 6.07) is 6.82. The summed E-state index contributed by atoms with van der Waals surface area (Å²) >= 11 is 0. The Bertz CT molecular complexity index is 1290. The van der Waals surface area contributed by atoms with Crippen LogP contribution < -0.4 is 16.0 Å². The summed E-state index contributed by atoms with van der Waals surface area (Å²) in [5.74, 6) is -0.416. The van der Waals surface area contributed by atoms with Crippen molar-refractivity contribution in [2.24, 2.45) is 0 Å². The molecule has 2 amide bonds. The monoisotopic (exact) mass is 514 g/mol. The van der Waals surface area contributed by atoms with Gasteiger partial charge in [-0.15, -0.1) is 0 Å². The molecule has 194 valence electrons. The largest absolute Gasteiger partial charge is 0.418 e. The Hall–Kier alpha value is -4.06. The van der Waals surface area contributed by atoms with E-state index in [0.717, 1.165) is 6.07 Å². The lowest BCUT2D eigenvalue weighted by Crippen LogP contribution is -2.59. The van der Waals surface area contributed by atoms with E-state index in [0.29, 0.717) is 29.4 Å². The number of amides is 2. The molecule has 3 N–H and O–H groups in total. The van der Waals surface area contributed by atoms with Gasteiger partial charge in [-0.1, -0.05) is 12.1 Å². The number of ether oxygens (including phenoxy) is 1. The minimum absolute atomic E-state index is 0.00513. The number of pyridine rings is 1. The zero-order valence-corrected chi connectivity index (χ0v) is 20.1. The molecule has 0 saturated carbocycles. The van der Waals surface area contributed by atoms with E-state index >= 15 is 0 Å². The van der Waals surface area contributed by atoms with Crippen molar-refractivity contribution in [1.82, 2.24) is 25.6 Å². The van der Waals surface area contributed by atoms with Gasteiger partial charge in [0.1, 0.15) is 11.4 Å². The standard InChI is InChI=1S/C25H25F3N6O3/c1-15-9-18(33-20-6-4-3-5-19(20)25(26,27)28)12-31-21(15)13-32-23(36)24(7-8-37-14-24)34-22(35)17-10-29-16(2)30-11-17/h3-6,9-12,33H,7-8,13-14H2,1-2H3,(H,32,36)(H,34,35)/t24-/m0/s1. The maximum atomic E-state index is 13.3. The van der Waals surface area contributed by atoms with Crippen molar-refractivity contribution in [2.45, 2.75) is 38.5 Å². The van der Waals surface area contributed by atoms with Crippen molar-refractivity contribution in [3.05, 3.63) is 77.1 Å². The summed E-state index contributed by atoms with van der Waals surface area (Å²) in [6.45, 7) is 3.79. The van der Waals surface area contributed by atoms with E-state index in [9.17, 15) is 22.8 Å². The lowest BCUT2D eigenvalue weighted by molar-refractivity contribution is -0.137. The Balaban J connectivity index is 1.43. The van der Waals surface area contributed by atoms with Crippen molar-refractivity contribution < 1.29 is 27.5 Å². The predicted molar refractivity (Wildman–Crippen MR) is 128 cm³/mol. The Kier molecular flexibility index (Phi) is 7.39. The first-order valence-electron chi connectivity index (χ1n) is 11.4. The van der Waals surface area contributed by atoms with Crippen LogP contribution >= 0.6 is 0 Å². The summed E-state index contributed by atoms with van der Waals surface area (Å²) in [4.78, 5) is 38.2. The molecule has 1 aliphatic heterocycles. The van der Waals surface area contributed by atoms with Crippen LogP contribution in [-0.2, 0) is 22.3 Å². The average Bonchev–Trinajstić information content (AvgIpc) is 3.33. The van der Waals surface area contributed by atoms with Crippen molar-refractivity contribution >= 4 is 23.2 Å². The molecule has 0 unspecified atom stereocenters. The van der Waals surface area contributed by atoms with Crippen molar-refractivity contribution in [3.63, 3.8) is 0 Å². The normalized spacial score (nSPS) is 17.3. The van der Waals surface area contributed by atoms with Crippen molar-refractivity contribution in [1.29, 1.82) is 0 Å². The van der Waals surface area contributed by atoms with Gasteiger partial charge >= 0.3 is 6.18 Å². The predicted octanol–water partition coefficient (Wildman–Crippen LogP) is 3.46. The smallest absolute Gasteiger partial charge is 0.378 e. The topological polar surface area (TPSA) is 118 Å². The molecular weight excluding hydrogens is 489 g/mol. The van der Waals surface area contributed by atoms with E-state index in [2.05, 4.69) is 30.9 Å². The number of halogens is 3. The van der Waals surface area contributed by atoms with Gasteiger partial charge in [0.05, 0.1) is 47.5 Å². The highest BCUT2D eigenvalue weighted by atomic mass is 19.4. The number of para-hydroxylation sites is 1. The molecular formula is C25H25F3N6O3. The Labute approximate surface area is 210 Å². The quantitative estimate of drug-likeness (QED) is 0.442. The number of aromatic nitrogens is 3. The van der Waals surface area contributed by atoms with Crippen molar-refractivity contribution in [2.75, 3.05) is 18.5 Å². The third-order valence-corrected chi connectivity index (χ3v) is 5.97. The van der Waals surface area contributed by atoms with Gasteiger partial charge < -0.3 is 20.7 Å². The first-order chi connectivity index (χ1) is 17.6. The second kappa shape index (κ2) is 10.5. The molecule has 1 fully saturated rings. The van der Waals surface area contributed by atoms with Gasteiger partial charge in [0.25, 0.3) is 5.91 Å². The van der Waals surface area contributed by atoms with Crippen LogP contribution in [0.1, 0.15) is 39.4 Å².